The second kappa shape index (κ2) is 8.43. The van der Waals surface area contributed by atoms with Crippen molar-refractivity contribution in [1.82, 2.24) is 14.6 Å². The van der Waals surface area contributed by atoms with Crippen LogP contribution in [0.25, 0.3) is 11.3 Å². The van der Waals surface area contributed by atoms with Crippen molar-refractivity contribution >= 4 is 15.9 Å². The summed E-state index contributed by atoms with van der Waals surface area (Å²) >= 11 is 0. The molecule has 2 aliphatic rings. The van der Waals surface area contributed by atoms with E-state index in [-0.39, 0.29) is 29.7 Å². The molecule has 0 spiro atoms. The van der Waals surface area contributed by atoms with Gasteiger partial charge < -0.3 is 4.90 Å². The lowest BCUT2D eigenvalue weighted by Gasteiger charge is -2.34. The smallest absolute Gasteiger partial charge is 0.225 e. The van der Waals surface area contributed by atoms with Crippen LogP contribution >= 0.6 is 0 Å². The number of aromatic nitrogens is 1. The Morgan fingerprint density at radius 2 is 1.97 bits per heavy atom. The van der Waals surface area contributed by atoms with Crippen LogP contribution in [0.1, 0.15) is 31.4 Å². The summed E-state index contributed by atoms with van der Waals surface area (Å²) in [5, 5.41) is 0. The zero-order chi connectivity index (χ0) is 21.3. The van der Waals surface area contributed by atoms with E-state index < -0.39 is 10.0 Å². The van der Waals surface area contributed by atoms with Gasteiger partial charge >= 0.3 is 0 Å². The number of rotatable bonds is 6. The first-order chi connectivity index (χ1) is 14.3. The summed E-state index contributed by atoms with van der Waals surface area (Å²) < 4.78 is 40.0. The van der Waals surface area contributed by atoms with E-state index in [2.05, 4.69) is 9.71 Å². The molecule has 1 saturated carbocycles. The van der Waals surface area contributed by atoms with E-state index in [9.17, 15) is 17.6 Å². The van der Waals surface area contributed by atoms with Crippen LogP contribution in [0.5, 0.6) is 0 Å². The van der Waals surface area contributed by atoms with Gasteiger partial charge in [-0.25, -0.2) is 17.5 Å². The Kier molecular flexibility index (Phi) is 5.88. The highest BCUT2D eigenvalue weighted by molar-refractivity contribution is 7.88. The molecule has 2 fully saturated rings. The molecule has 2 aromatic rings. The first-order valence-corrected chi connectivity index (χ1v) is 12.2. The number of halogens is 1. The first-order valence-electron chi connectivity index (χ1n) is 10.3. The molecule has 8 heteroatoms. The number of nitrogens with one attached hydrogen (secondary N) is 1. The number of sulfonamides is 1. The summed E-state index contributed by atoms with van der Waals surface area (Å²) in [4.78, 5) is 19.5. The number of hydrogen-bond acceptors (Lipinski definition) is 4. The Morgan fingerprint density at radius 1 is 1.20 bits per heavy atom. The average molecular weight is 432 g/mol. The Hall–Kier alpha value is -2.32. The summed E-state index contributed by atoms with van der Waals surface area (Å²) in [6, 6.07) is 11.2. The third-order valence-electron chi connectivity index (χ3n) is 5.99. The van der Waals surface area contributed by atoms with Crippen LogP contribution in [0.15, 0.2) is 42.5 Å². The number of carbonyl (C=O) groups is 1. The minimum Gasteiger partial charge on any atom is -0.337 e. The van der Waals surface area contributed by atoms with Crippen LogP contribution in [-0.4, -0.2) is 49.1 Å². The number of likely N-dealkylation sites (tertiary alicyclic amines) is 1. The van der Waals surface area contributed by atoms with Crippen molar-refractivity contribution in [2.24, 2.45) is 5.92 Å². The lowest BCUT2D eigenvalue weighted by Crippen LogP contribution is -2.49. The van der Waals surface area contributed by atoms with Crippen molar-refractivity contribution in [3.63, 3.8) is 0 Å². The molecule has 2 heterocycles. The number of nitrogens with zero attached hydrogens (tertiary/aromatic N) is 2. The predicted molar refractivity (Wildman–Crippen MR) is 113 cm³/mol. The number of carbonyl (C=O) groups excluding carboxylic acids is 1. The van der Waals surface area contributed by atoms with E-state index in [0.717, 1.165) is 31.2 Å². The maximum atomic E-state index is 13.6. The second-order valence-corrected chi connectivity index (χ2v) is 10.0. The van der Waals surface area contributed by atoms with Gasteiger partial charge in [0.2, 0.25) is 15.9 Å². The third kappa shape index (κ3) is 4.70. The molecule has 1 aliphatic carbocycles. The molecular weight excluding hydrogens is 405 g/mol. The number of pyridine rings is 1. The normalized spacial score (nSPS) is 22.1. The lowest BCUT2D eigenvalue weighted by molar-refractivity contribution is -0.139. The van der Waals surface area contributed by atoms with Gasteiger partial charge in [0, 0.05) is 36.2 Å². The summed E-state index contributed by atoms with van der Waals surface area (Å²) in [5.74, 6) is -0.161. The second-order valence-electron chi connectivity index (χ2n) is 8.24. The van der Waals surface area contributed by atoms with E-state index in [4.69, 9.17) is 0 Å². The van der Waals surface area contributed by atoms with Crippen molar-refractivity contribution in [2.75, 3.05) is 12.8 Å². The molecule has 4 rings (SSSR count). The molecule has 1 N–H and O–H groups in total. The highest BCUT2D eigenvalue weighted by Gasteiger charge is 2.41. The van der Waals surface area contributed by atoms with Gasteiger partial charge in [0.05, 0.1) is 18.0 Å². The number of benzene rings is 1. The van der Waals surface area contributed by atoms with Gasteiger partial charge in [-0.2, -0.15) is 0 Å². The molecule has 160 valence electrons. The van der Waals surface area contributed by atoms with E-state index in [1.54, 1.807) is 12.1 Å². The molecule has 0 unspecified atom stereocenters. The minimum absolute atomic E-state index is 0.0519. The third-order valence-corrected chi connectivity index (χ3v) is 6.73. The fourth-order valence-corrected chi connectivity index (χ4v) is 5.12. The van der Waals surface area contributed by atoms with Crippen LogP contribution in [0, 0.1) is 11.7 Å². The number of amides is 1. The predicted octanol–water partition coefficient (Wildman–Crippen LogP) is 2.75. The Balaban J connectivity index is 1.59. The SMILES string of the molecule is CS(=O)(=O)N[C@H]1CCN(C(=O)C2CCC2)[C@H]1Cc1cccc(-c2cccc(F)c2)n1. The maximum Gasteiger partial charge on any atom is 0.225 e. The van der Waals surface area contributed by atoms with Crippen molar-refractivity contribution < 1.29 is 17.6 Å². The Labute approximate surface area is 176 Å². The molecule has 1 aromatic carbocycles. The van der Waals surface area contributed by atoms with Gasteiger partial charge in [-0.05, 0) is 43.5 Å². The van der Waals surface area contributed by atoms with Gasteiger partial charge in [0.1, 0.15) is 5.82 Å². The van der Waals surface area contributed by atoms with Crippen LogP contribution in [0.2, 0.25) is 0 Å². The lowest BCUT2D eigenvalue weighted by atomic mass is 9.84. The average Bonchev–Trinajstić information content (AvgIpc) is 3.01. The Morgan fingerprint density at radius 3 is 2.63 bits per heavy atom. The van der Waals surface area contributed by atoms with Gasteiger partial charge in [0.15, 0.2) is 0 Å². The topological polar surface area (TPSA) is 79.4 Å². The molecule has 6 nitrogen and oxygen atoms in total. The zero-order valence-corrected chi connectivity index (χ0v) is 17.7. The molecule has 0 bridgehead atoms. The molecule has 1 aliphatic heterocycles. The molecule has 2 atom stereocenters. The number of hydrogen-bond donors (Lipinski definition) is 1. The quantitative estimate of drug-likeness (QED) is 0.763. The zero-order valence-electron chi connectivity index (χ0n) is 16.9. The van der Waals surface area contributed by atoms with Crippen LogP contribution in [-0.2, 0) is 21.2 Å². The maximum absolute atomic E-state index is 13.6. The summed E-state index contributed by atoms with van der Waals surface area (Å²) in [6.45, 7) is 0.538. The van der Waals surface area contributed by atoms with Crippen molar-refractivity contribution in [3.05, 3.63) is 54.0 Å². The summed E-state index contributed by atoms with van der Waals surface area (Å²) in [5.41, 5.74) is 2.07. The molecule has 1 saturated heterocycles. The van der Waals surface area contributed by atoms with E-state index in [1.807, 2.05) is 23.1 Å². The van der Waals surface area contributed by atoms with Crippen molar-refractivity contribution in [3.8, 4) is 11.3 Å². The van der Waals surface area contributed by atoms with E-state index in [1.165, 1.54) is 12.1 Å². The molecule has 1 aromatic heterocycles. The fourth-order valence-electron chi connectivity index (χ4n) is 4.30. The molecule has 30 heavy (non-hydrogen) atoms. The van der Waals surface area contributed by atoms with Gasteiger partial charge in [-0.3, -0.25) is 9.78 Å². The van der Waals surface area contributed by atoms with E-state index in [0.29, 0.717) is 30.6 Å². The van der Waals surface area contributed by atoms with Gasteiger partial charge in [-0.1, -0.05) is 24.6 Å². The molecular formula is C22H26FN3O3S. The van der Waals surface area contributed by atoms with Crippen LogP contribution in [0.4, 0.5) is 4.39 Å². The Bertz CT molecular complexity index is 1040. The standard InChI is InChI=1S/C22H26FN3O3S/c1-30(28,29)25-20-11-12-26(22(27)15-5-2-6-15)21(20)14-18-9-4-10-19(24-18)16-7-3-8-17(23)13-16/h3-4,7-10,13,15,20-21,25H,2,5-6,11-12,14H2,1H3/t20-,21-/m0/s1. The highest BCUT2D eigenvalue weighted by Crippen LogP contribution is 2.32. The largest absolute Gasteiger partial charge is 0.337 e. The van der Waals surface area contributed by atoms with Crippen molar-refractivity contribution in [1.29, 1.82) is 0 Å². The molecule has 0 radical (unpaired) electrons. The summed E-state index contributed by atoms with van der Waals surface area (Å²) in [6.07, 6.45) is 5.04. The van der Waals surface area contributed by atoms with Gasteiger partial charge in [0.25, 0.3) is 0 Å². The minimum atomic E-state index is -3.40. The van der Waals surface area contributed by atoms with Crippen LogP contribution < -0.4 is 4.72 Å². The highest BCUT2D eigenvalue weighted by atomic mass is 32.2. The van der Waals surface area contributed by atoms with E-state index >= 15 is 0 Å². The molecule has 1 amide bonds. The van der Waals surface area contributed by atoms with Gasteiger partial charge in [-0.15, -0.1) is 0 Å². The van der Waals surface area contributed by atoms with Crippen LogP contribution in [0.3, 0.4) is 0 Å². The van der Waals surface area contributed by atoms with Crippen molar-refractivity contribution in [2.45, 2.75) is 44.2 Å². The monoisotopic (exact) mass is 431 g/mol. The summed E-state index contributed by atoms with van der Waals surface area (Å²) in [7, 11) is -3.40. The first kappa shape index (κ1) is 20.9. The fraction of sp³-hybridized carbons (Fsp3) is 0.455.